The number of carbonyl (C=O) groups excluding carboxylic acids is 1. The first-order valence-corrected chi connectivity index (χ1v) is 7.67. The average molecular weight is 277 g/mol. The number of aryl methyl sites for hydroxylation is 1. The number of nitrogens with one attached hydrogen (secondary N) is 2. The number of pyridine rings is 1. The van der Waals surface area contributed by atoms with Gasteiger partial charge in [0.05, 0.1) is 11.3 Å². The molecule has 0 aliphatic heterocycles. The van der Waals surface area contributed by atoms with E-state index in [2.05, 4.69) is 29.5 Å². The number of amides is 1. The molecule has 0 saturated heterocycles. The van der Waals surface area contributed by atoms with Crippen molar-refractivity contribution in [3.63, 3.8) is 0 Å². The Labute approximate surface area is 122 Å². The highest BCUT2D eigenvalue weighted by atomic mass is 16.1. The fourth-order valence-electron chi connectivity index (χ4n) is 2.00. The van der Waals surface area contributed by atoms with E-state index in [0.717, 1.165) is 37.3 Å². The minimum atomic E-state index is -0.0346. The molecule has 0 atom stereocenters. The van der Waals surface area contributed by atoms with Gasteiger partial charge in [-0.15, -0.1) is 0 Å². The van der Waals surface area contributed by atoms with Crippen molar-refractivity contribution in [2.75, 3.05) is 18.4 Å². The first-order chi connectivity index (χ1) is 9.69. The highest BCUT2D eigenvalue weighted by Gasteiger charge is 2.11. The fourth-order valence-corrected chi connectivity index (χ4v) is 2.00. The second kappa shape index (κ2) is 9.34. The number of rotatable bonds is 9. The Bertz CT molecular complexity index is 418. The van der Waals surface area contributed by atoms with E-state index >= 15 is 0 Å². The lowest BCUT2D eigenvalue weighted by Gasteiger charge is -2.12. The zero-order chi connectivity index (χ0) is 14.8. The Morgan fingerprint density at radius 2 is 1.95 bits per heavy atom. The van der Waals surface area contributed by atoms with Crippen LogP contribution in [0, 0.1) is 6.92 Å². The monoisotopic (exact) mass is 277 g/mol. The Hall–Kier alpha value is -1.58. The Kier molecular flexibility index (Phi) is 7.70. The third-order valence-electron chi connectivity index (χ3n) is 3.17. The molecule has 2 N–H and O–H groups in total. The van der Waals surface area contributed by atoms with E-state index in [1.54, 1.807) is 6.20 Å². The maximum absolute atomic E-state index is 12.2. The first-order valence-electron chi connectivity index (χ1n) is 7.67. The zero-order valence-electron chi connectivity index (χ0n) is 13.0. The number of nitrogens with zero attached hydrogens (tertiary/aromatic N) is 1. The molecular formula is C16H27N3O. The van der Waals surface area contributed by atoms with Crippen molar-refractivity contribution < 1.29 is 4.79 Å². The molecule has 0 unspecified atom stereocenters. The molecular weight excluding hydrogens is 250 g/mol. The molecule has 1 aromatic heterocycles. The molecule has 0 bridgehead atoms. The molecule has 0 radical (unpaired) electrons. The van der Waals surface area contributed by atoms with Gasteiger partial charge in [0.15, 0.2) is 0 Å². The number of hydrogen-bond donors (Lipinski definition) is 2. The van der Waals surface area contributed by atoms with E-state index in [0.29, 0.717) is 5.56 Å². The van der Waals surface area contributed by atoms with Crippen molar-refractivity contribution >= 4 is 11.6 Å². The van der Waals surface area contributed by atoms with Gasteiger partial charge in [0.25, 0.3) is 5.91 Å². The predicted octanol–water partition coefficient (Wildman–Crippen LogP) is 3.52. The summed E-state index contributed by atoms with van der Waals surface area (Å²) in [6.07, 6.45) is 7.33. The number of aromatic nitrogens is 1. The number of hydrogen-bond acceptors (Lipinski definition) is 3. The number of anilines is 1. The lowest BCUT2D eigenvalue weighted by Crippen LogP contribution is -2.25. The normalized spacial score (nSPS) is 10.3. The molecule has 0 fully saturated rings. The average Bonchev–Trinajstić information content (AvgIpc) is 2.44. The molecule has 1 rings (SSSR count). The van der Waals surface area contributed by atoms with E-state index in [4.69, 9.17) is 0 Å². The third kappa shape index (κ3) is 5.59. The van der Waals surface area contributed by atoms with Crippen LogP contribution in [0.2, 0.25) is 0 Å². The molecule has 0 aliphatic rings. The topological polar surface area (TPSA) is 54.0 Å². The molecule has 1 heterocycles. The molecule has 20 heavy (non-hydrogen) atoms. The van der Waals surface area contributed by atoms with E-state index < -0.39 is 0 Å². The summed E-state index contributed by atoms with van der Waals surface area (Å²) in [7, 11) is 0. The lowest BCUT2D eigenvalue weighted by atomic mass is 10.1. The van der Waals surface area contributed by atoms with E-state index in [9.17, 15) is 4.79 Å². The SMILES string of the molecule is CCCCCCNC(=O)c1cnc(C)cc1NCCC. The van der Waals surface area contributed by atoms with Gasteiger partial charge in [-0.05, 0) is 25.8 Å². The minimum Gasteiger partial charge on any atom is -0.384 e. The van der Waals surface area contributed by atoms with E-state index in [-0.39, 0.29) is 5.91 Å². The fraction of sp³-hybridized carbons (Fsp3) is 0.625. The first kappa shape index (κ1) is 16.5. The minimum absolute atomic E-state index is 0.0346. The van der Waals surface area contributed by atoms with Crippen LogP contribution in [0.4, 0.5) is 5.69 Å². The second-order valence-electron chi connectivity index (χ2n) is 5.11. The largest absolute Gasteiger partial charge is 0.384 e. The van der Waals surface area contributed by atoms with Gasteiger partial charge in [0.1, 0.15) is 0 Å². The molecule has 4 heteroatoms. The van der Waals surface area contributed by atoms with Gasteiger partial charge in [-0.1, -0.05) is 33.1 Å². The van der Waals surface area contributed by atoms with Gasteiger partial charge in [-0.25, -0.2) is 0 Å². The van der Waals surface area contributed by atoms with Crippen LogP contribution in [0.3, 0.4) is 0 Å². The van der Waals surface area contributed by atoms with Crippen LogP contribution in [0.15, 0.2) is 12.3 Å². The molecule has 0 aromatic carbocycles. The zero-order valence-corrected chi connectivity index (χ0v) is 13.0. The smallest absolute Gasteiger partial charge is 0.254 e. The van der Waals surface area contributed by atoms with Crippen LogP contribution in [-0.2, 0) is 0 Å². The lowest BCUT2D eigenvalue weighted by molar-refractivity contribution is 0.0953. The van der Waals surface area contributed by atoms with Crippen LogP contribution >= 0.6 is 0 Å². The number of unbranched alkanes of at least 4 members (excludes halogenated alkanes) is 3. The van der Waals surface area contributed by atoms with Crippen LogP contribution in [0.25, 0.3) is 0 Å². The number of carbonyl (C=O) groups is 1. The Morgan fingerprint density at radius 3 is 2.65 bits per heavy atom. The summed E-state index contributed by atoms with van der Waals surface area (Å²) in [5, 5.41) is 6.27. The second-order valence-corrected chi connectivity index (χ2v) is 5.11. The maximum Gasteiger partial charge on any atom is 0.254 e. The summed E-state index contributed by atoms with van der Waals surface area (Å²) in [5.74, 6) is -0.0346. The van der Waals surface area contributed by atoms with Crippen molar-refractivity contribution in [2.24, 2.45) is 0 Å². The highest BCUT2D eigenvalue weighted by Crippen LogP contribution is 2.15. The molecule has 1 aromatic rings. The predicted molar refractivity (Wildman–Crippen MR) is 84.2 cm³/mol. The van der Waals surface area contributed by atoms with Gasteiger partial charge < -0.3 is 10.6 Å². The molecule has 0 spiro atoms. The van der Waals surface area contributed by atoms with Crippen LogP contribution in [-0.4, -0.2) is 24.0 Å². The quantitative estimate of drug-likeness (QED) is 0.679. The summed E-state index contributed by atoms with van der Waals surface area (Å²) in [4.78, 5) is 16.4. The summed E-state index contributed by atoms with van der Waals surface area (Å²) in [6.45, 7) is 7.82. The van der Waals surface area contributed by atoms with E-state index in [1.165, 1.54) is 19.3 Å². The van der Waals surface area contributed by atoms with E-state index in [1.807, 2.05) is 13.0 Å². The highest BCUT2D eigenvalue weighted by molar-refractivity contribution is 5.99. The molecule has 4 nitrogen and oxygen atoms in total. The maximum atomic E-state index is 12.2. The standard InChI is InChI=1S/C16H27N3O/c1-4-6-7-8-10-18-16(20)14-12-19-13(3)11-15(14)17-9-5-2/h11-12H,4-10H2,1-3H3,(H,17,19)(H,18,20). The van der Waals surface area contributed by atoms with Crippen LogP contribution in [0.1, 0.15) is 62.0 Å². The van der Waals surface area contributed by atoms with Gasteiger partial charge >= 0.3 is 0 Å². The van der Waals surface area contributed by atoms with Crippen molar-refractivity contribution in [1.82, 2.24) is 10.3 Å². The van der Waals surface area contributed by atoms with Gasteiger partial charge in [0.2, 0.25) is 0 Å². The molecule has 1 amide bonds. The Balaban J connectivity index is 2.57. The van der Waals surface area contributed by atoms with Crippen LogP contribution in [0.5, 0.6) is 0 Å². The summed E-state index contributed by atoms with van der Waals surface area (Å²) < 4.78 is 0. The molecule has 0 aliphatic carbocycles. The molecule has 112 valence electrons. The summed E-state index contributed by atoms with van der Waals surface area (Å²) in [5.41, 5.74) is 2.44. The van der Waals surface area contributed by atoms with Crippen molar-refractivity contribution in [3.8, 4) is 0 Å². The van der Waals surface area contributed by atoms with Crippen molar-refractivity contribution in [2.45, 2.75) is 52.9 Å². The molecule has 0 saturated carbocycles. The van der Waals surface area contributed by atoms with Gasteiger partial charge in [0, 0.05) is 25.0 Å². The van der Waals surface area contributed by atoms with Gasteiger partial charge in [-0.3, -0.25) is 9.78 Å². The summed E-state index contributed by atoms with van der Waals surface area (Å²) in [6, 6.07) is 1.93. The van der Waals surface area contributed by atoms with Crippen LogP contribution < -0.4 is 10.6 Å². The van der Waals surface area contributed by atoms with Crippen molar-refractivity contribution in [1.29, 1.82) is 0 Å². The van der Waals surface area contributed by atoms with Gasteiger partial charge in [-0.2, -0.15) is 0 Å². The third-order valence-corrected chi connectivity index (χ3v) is 3.17. The summed E-state index contributed by atoms with van der Waals surface area (Å²) >= 11 is 0. The van der Waals surface area contributed by atoms with Crippen molar-refractivity contribution in [3.05, 3.63) is 23.5 Å². The Morgan fingerprint density at radius 1 is 1.15 bits per heavy atom.